The lowest BCUT2D eigenvalue weighted by Gasteiger charge is -2.17. The molecule has 2 heteroatoms. The Morgan fingerprint density at radius 2 is 1.25 bits per heavy atom. The molecular weight excluding hydrogens is 341 g/mol. The first-order valence-electron chi connectivity index (χ1n) is 9.91. The number of hydrogen-bond acceptors (Lipinski definition) is 2. The van der Waals surface area contributed by atoms with Gasteiger partial charge in [-0.1, -0.05) is 79.7 Å². The van der Waals surface area contributed by atoms with Crippen molar-refractivity contribution in [3.05, 3.63) is 102 Å². The minimum Gasteiger partial charge on any atom is -0.492 e. The van der Waals surface area contributed by atoms with Crippen molar-refractivity contribution in [2.75, 3.05) is 27.2 Å². The molecule has 3 aromatic carbocycles. The molecule has 28 heavy (non-hydrogen) atoms. The van der Waals surface area contributed by atoms with E-state index in [9.17, 15) is 0 Å². The molecule has 0 saturated heterocycles. The molecule has 3 rings (SSSR count). The molecule has 144 valence electrons. The first kappa shape index (κ1) is 19.9. The van der Waals surface area contributed by atoms with Gasteiger partial charge >= 0.3 is 0 Å². The van der Waals surface area contributed by atoms with Crippen molar-refractivity contribution in [1.29, 1.82) is 0 Å². The van der Waals surface area contributed by atoms with Crippen LogP contribution >= 0.6 is 0 Å². The molecule has 0 aliphatic rings. The second-order valence-electron chi connectivity index (χ2n) is 7.12. The molecule has 0 aliphatic heterocycles. The quantitative estimate of drug-likeness (QED) is 0.451. The molecule has 0 atom stereocenters. The summed E-state index contributed by atoms with van der Waals surface area (Å²) >= 11 is 0. The maximum absolute atomic E-state index is 5.87. The van der Waals surface area contributed by atoms with Crippen LogP contribution in [-0.4, -0.2) is 32.1 Å². The Kier molecular flexibility index (Phi) is 7.05. The fraction of sp³-hybridized carbons (Fsp3) is 0.231. The van der Waals surface area contributed by atoms with Gasteiger partial charge in [-0.25, -0.2) is 0 Å². The van der Waals surface area contributed by atoms with Crippen molar-refractivity contribution in [1.82, 2.24) is 4.90 Å². The zero-order valence-electron chi connectivity index (χ0n) is 17.1. The maximum atomic E-state index is 5.87. The van der Waals surface area contributed by atoms with Gasteiger partial charge in [0, 0.05) is 6.54 Å². The summed E-state index contributed by atoms with van der Waals surface area (Å²) in [5.41, 5.74) is 6.37. The van der Waals surface area contributed by atoms with Crippen molar-refractivity contribution in [3.63, 3.8) is 0 Å². The number of allylic oxidation sites excluding steroid dienone is 1. The fourth-order valence-corrected chi connectivity index (χ4v) is 3.35. The molecule has 0 aliphatic carbocycles. The summed E-state index contributed by atoms with van der Waals surface area (Å²) in [5.74, 6) is 0.913. The molecule has 0 heterocycles. The van der Waals surface area contributed by atoms with Gasteiger partial charge in [-0.15, -0.1) is 0 Å². The smallest absolute Gasteiger partial charge is 0.119 e. The zero-order valence-corrected chi connectivity index (χ0v) is 17.1. The summed E-state index contributed by atoms with van der Waals surface area (Å²) in [6.07, 6.45) is 0.968. The van der Waals surface area contributed by atoms with Crippen LogP contribution in [0.15, 0.2) is 84.9 Å². The number of ether oxygens (including phenoxy) is 1. The third-order valence-electron chi connectivity index (χ3n) is 4.79. The average molecular weight is 371 g/mol. The highest BCUT2D eigenvalue weighted by Gasteiger charge is 2.12. The van der Waals surface area contributed by atoms with E-state index in [0.717, 1.165) is 18.7 Å². The second kappa shape index (κ2) is 9.91. The molecule has 0 unspecified atom stereocenters. The first-order chi connectivity index (χ1) is 13.7. The summed E-state index contributed by atoms with van der Waals surface area (Å²) < 4.78 is 5.87. The molecule has 2 nitrogen and oxygen atoms in total. The standard InChI is InChI=1S/C26H29NO/c1-4-25(21-11-7-5-8-12-21)26(22-13-9-6-10-14-22)23-15-17-24(18-16-23)28-20-19-27(2)3/h5-18H,4,19-20H2,1-3H3/b26-25-/i2-1. The van der Waals surface area contributed by atoms with E-state index in [2.05, 4.69) is 111 Å². The van der Waals surface area contributed by atoms with E-state index in [1.807, 2.05) is 0 Å². The normalized spacial score (nSPS) is 12.0. The van der Waals surface area contributed by atoms with E-state index in [0.29, 0.717) is 6.61 Å². The van der Waals surface area contributed by atoms with Crippen LogP contribution < -0.4 is 4.74 Å². The number of hydrogen-bond donors (Lipinski definition) is 0. The average Bonchev–Trinajstić information content (AvgIpc) is 2.73. The molecule has 0 N–H and O–H groups in total. The van der Waals surface area contributed by atoms with E-state index >= 15 is 0 Å². The van der Waals surface area contributed by atoms with E-state index in [4.69, 9.17) is 4.74 Å². The second-order valence-corrected chi connectivity index (χ2v) is 7.12. The molecule has 0 saturated carbocycles. The Balaban J connectivity index is 2.00. The molecule has 0 fully saturated rings. The Hall–Kier alpha value is -2.84. The minimum atomic E-state index is 0.692. The lowest BCUT2D eigenvalue weighted by molar-refractivity contribution is 0.261. The Labute approximate surface area is 169 Å². The lowest BCUT2D eigenvalue weighted by Crippen LogP contribution is -2.19. The third kappa shape index (κ3) is 5.11. The van der Waals surface area contributed by atoms with E-state index in [1.165, 1.54) is 27.8 Å². The van der Waals surface area contributed by atoms with Crippen LogP contribution in [0.5, 0.6) is 5.75 Å². The highest BCUT2D eigenvalue weighted by Crippen LogP contribution is 2.34. The van der Waals surface area contributed by atoms with E-state index in [-0.39, 0.29) is 0 Å². The van der Waals surface area contributed by atoms with Gasteiger partial charge in [0.15, 0.2) is 0 Å². The van der Waals surface area contributed by atoms with Crippen molar-refractivity contribution in [2.24, 2.45) is 0 Å². The molecule has 3 aromatic rings. The zero-order chi connectivity index (χ0) is 19.8. The topological polar surface area (TPSA) is 12.5 Å². The monoisotopic (exact) mass is 370 g/mol. The number of nitrogens with zero attached hydrogens (tertiary/aromatic N) is 1. The molecule has 0 bridgehead atoms. The predicted molar refractivity (Wildman–Crippen MR) is 120 cm³/mol. The summed E-state index contributed by atoms with van der Waals surface area (Å²) in [6.45, 7) is 3.83. The van der Waals surface area contributed by atoms with Gasteiger partial charge in [0.05, 0.1) is 0 Å². The highest BCUT2D eigenvalue weighted by molar-refractivity contribution is 5.98. The van der Waals surface area contributed by atoms with Crippen LogP contribution in [0.3, 0.4) is 0 Å². The van der Waals surface area contributed by atoms with Crippen LogP contribution in [0, 0.1) is 0 Å². The summed E-state index contributed by atoms with van der Waals surface area (Å²) in [4.78, 5) is 2.12. The third-order valence-corrected chi connectivity index (χ3v) is 4.79. The molecule has 0 amide bonds. The van der Waals surface area contributed by atoms with Crippen LogP contribution in [0.4, 0.5) is 0 Å². The molecule has 0 aromatic heterocycles. The van der Waals surface area contributed by atoms with Gasteiger partial charge in [-0.05, 0) is 60.5 Å². The van der Waals surface area contributed by atoms with Crippen LogP contribution in [0.25, 0.3) is 11.1 Å². The van der Waals surface area contributed by atoms with Crippen LogP contribution in [0.2, 0.25) is 0 Å². The maximum Gasteiger partial charge on any atom is 0.119 e. The van der Waals surface area contributed by atoms with Crippen molar-refractivity contribution in [2.45, 2.75) is 13.3 Å². The highest BCUT2D eigenvalue weighted by atomic mass is 16.5. The van der Waals surface area contributed by atoms with Crippen molar-refractivity contribution >= 4 is 11.1 Å². The van der Waals surface area contributed by atoms with Gasteiger partial charge in [0.1, 0.15) is 12.4 Å². The molecule has 0 radical (unpaired) electrons. The van der Waals surface area contributed by atoms with Crippen molar-refractivity contribution < 1.29 is 4.74 Å². The van der Waals surface area contributed by atoms with Gasteiger partial charge in [-0.3, -0.25) is 0 Å². The Morgan fingerprint density at radius 1 is 0.714 bits per heavy atom. The number of benzene rings is 3. The van der Waals surface area contributed by atoms with E-state index in [1.54, 1.807) is 0 Å². The minimum absolute atomic E-state index is 0.692. The van der Waals surface area contributed by atoms with Gasteiger partial charge in [0.25, 0.3) is 0 Å². The lowest BCUT2D eigenvalue weighted by atomic mass is 9.88. The number of likely N-dealkylation sites (N-methyl/N-ethyl adjacent to an activating group) is 1. The molecule has 0 spiro atoms. The van der Waals surface area contributed by atoms with Crippen LogP contribution in [0.1, 0.15) is 30.0 Å². The fourth-order valence-electron chi connectivity index (χ4n) is 3.35. The van der Waals surface area contributed by atoms with Gasteiger partial charge in [-0.2, -0.15) is 0 Å². The first-order valence-corrected chi connectivity index (χ1v) is 9.91. The van der Waals surface area contributed by atoms with Gasteiger partial charge in [0.2, 0.25) is 0 Å². The van der Waals surface area contributed by atoms with E-state index < -0.39 is 0 Å². The predicted octanol–water partition coefficient (Wildman–Crippen LogP) is 6.00. The van der Waals surface area contributed by atoms with Crippen LogP contribution in [-0.2, 0) is 0 Å². The van der Waals surface area contributed by atoms with Gasteiger partial charge < -0.3 is 9.64 Å². The summed E-state index contributed by atoms with van der Waals surface area (Å²) in [6, 6.07) is 29.8. The number of rotatable bonds is 8. The molecular formula is C26H29NO. The largest absolute Gasteiger partial charge is 0.492 e. The summed E-state index contributed by atoms with van der Waals surface area (Å²) in [5, 5.41) is 0. The van der Waals surface area contributed by atoms with Crippen molar-refractivity contribution in [3.8, 4) is 5.75 Å². The summed E-state index contributed by atoms with van der Waals surface area (Å²) in [7, 11) is 4.11. The Morgan fingerprint density at radius 3 is 1.79 bits per heavy atom. The SMILES string of the molecule is CC/C(=C(\c1ccccc1)c1ccc(OCCN(C)[11CH3])cc1)c1ccccc1. The Bertz CT molecular complexity index is 881.